The number of imide groups is 1. The third-order valence-corrected chi connectivity index (χ3v) is 2.70. The number of benzene rings is 1. The van der Waals surface area contributed by atoms with Gasteiger partial charge in [-0.05, 0) is 36.4 Å². The van der Waals surface area contributed by atoms with Gasteiger partial charge in [-0.1, -0.05) is 11.6 Å². The largest absolute Gasteiger partial charge is 0.399 e. The van der Waals surface area contributed by atoms with Gasteiger partial charge < -0.3 is 5.73 Å². The van der Waals surface area contributed by atoms with E-state index in [-0.39, 0.29) is 10.7 Å². The molecule has 0 aliphatic rings. The van der Waals surface area contributed by atoms with Gasteiger partial charge in [0, 0.05) is 17.4 Å². The molecular weight excluding hydrogens is 266 g/mol. The first-order valence-electron chi connectivity index (χ1n) is 5.39. The molecule has 2 rings (SSSR count). The third kappa shape index (κ3) is 3.08. The summed E-state index contributed by atoms with van der Waals surface area (Å²) < 4.78 is 0. The van der Waals surface area contributed by atoms with Gasteiger partial charge in [0.2, 0.25) is 0 Å². The van der Waals surface area contributed by atoms with Crippen molar-refractivity contribution in [2.45, 2.75) is 0 Å². The molecular formula is C13H10ClN3O2. The van der Waals surface area contributed by atoms with Crippen molar-refractivity contribution in [2.24, 2.45) is 0 Å². The van der Waals surface area contributed by atoms with E-state index in [9.17, 15) is 9.59 Å². The summed E-state index contributed by atoms with van der Waals surface area (Å²) in [5.41, 5.74) is 6.54. The van der Waals surface area contributed by atoms with Gasteiger partial charge in [-0.2, -0.15) is 0 Å². The van der Waals surface area contributed by atoms with E-state index in [0.717, 1.165) is 0 Å². The fourth-order valence-electron chi connectivity index (χ4n) is 1.43. The Bertz CT molecular complexity index is 626. The summed E-state index contributed by atoms with van der Waals surface area (Å²) in [7, 11) is 0. The van der Waals surface area contributed by atoms with Crippen molar-refractivity contribution in [3.05, 3.63) is 58.9 Å². The van der Waals surface area contributed by atoms with Crippen LogP contribution in [0.3, 0.4) is 0 Å². The number of amides is 2. The Morgan fingerprint density at radius 3 is 2.42 bits per heavy atom. The van der Waals surface area contributed by atoms with Crippen LogP contribution in [-0.4, -0.2) is 16.8 Å². The summed E-state index contributed by atoms with van der Waals surface area (Å²) in [5, 5.41) is 2.28. The average Bonchev–Trinajstić information content (AvgIpc) is 2.39. The number of nitrogen functional groups attached to an aromatic ring is 1. The summed E-state index contributed by atoms with van der Waals surface area (Å²) in [4.78, 5) is 27.4. The van der Waals surface area contributed by atoms with Crippen LogP contribution < -0.4 is 11.1 Å². The SMILES string of the molecule is Nc1ccc(C(=O)NC(=O)c2cccnc2Cl)cc1. The number of nitrogens with two attached hydrogens (primary N) is 1. The standard InChI is InChI=1S/C13H10ClN3O2/c14-11-10(2-1-7-16-11)13(19)17-12(18)8-3-5-9(15)6-4-8/h1-7H,15H2,(H,17,18,19). The fourth-order valence-corrected chi connectivity index (χ4v) is 1.64. The van der Waals surface area contributed by atoms with Gasteiger partial charge >= 0.3 is 0 Å². The molecule has 0 bridgehead atoms. The quantitative estimate of drug-likeness (QED) is 0.498. The molecule has 0 fully saturated rings. The Labute approximate surface area is 114 Å². The van der Waals surface area contributed by atoms with E-state index >= 15 is 0 Å². The molecule has 0 unspecified atom stereocenters. The van der Waals surface area contributed by atoms with Crippen LogP contribution in [0.1, 0.15) is 20.7 Å². The molecule has 0 atom stereocenters. The minimum Gasteiger partial charge on any atom is -0.399 e. The molecule has 2 amide bonds. The van der Waals surface area contributed by atoms with Gasteiger partial charge in [0.1, 0.15) is 5.15 Å². The second kappa shape index (κ2) is 5.49. The van der Waals surface area contributed by atoms with Gasteiger partial charge in [0.25, 0.3) is 11.8 Å². The molecule has 5 nitrogen and oxygen atoms in total. The Kier molecular flexibility index (Phi) is 3.77. The van der Waals surface area contributed by atoms with Crippen molar-refractivity contribution in [1.82, 2.24) is 10.3 Å². The van der Waals surface area contributed by atoms with Gasteiger partial charge in [-0.25, -0.2) is 4.98 Å². The predicted molar refractivity (Wildman–Crippen MR) is 71.9 cm³/mol. The van der Waals surface area contributed by atoms with E-state index in [1.165, 1.54) is 24.4 Å². The van der Waals surface area contributed by atoms with E-state index in [2.05, 4.69) is 10.3 Å². The molecule has 0 saturated carbocycles. The second-order valence-corrected chi connectivity index (χ2v) is 4.11. The lowest BCUT2D eigenvalue weighted by atomic mass is 10.2. The van der Waals surface area contributed by atoms with Crippen molar-refractivity contribution in [1.29, 1.82) is 0 Å². The van der Waals surface area contributed by atoms with Crippen LogP contribution >= 0.6 is 11.6 Å². The Morgan fingerprint density at radius 2 is 1.79 bits per heavy atom. The van der Waals surface area contributed by atoms with E-state index in [1.54, 1.807) is 18.2 Å². The summed E-state index contributed by atoms with van der Waals surface area (Å²) in [6, 6.07) is 9.27. The van der Waals surface area contributed by atoms with Crippen LogP contribution in [0.15, 0.2) is 42.6 Å². The number of rotatable bonds is 2. The highest BCUT2D eigenvalue weighted by molar-refractivity contribution is 6.33. The molecule has 1 heterocycles. The highest BCUT2D eigenvalue weighted by Crippen LogP contribution is 2.11. The highest BCUT2D eigenvalue weighted by atomic mass is 35.5. The average molecular weight is 276 g/mol. The summed E-state index contributed by atoms with van der Waals surface area (Å²) >= 11 is 5.77. The lowest BCUT2D eigenvalue weighted by molar-refractivity contribution is 0.0849. The van der Waals surface area contributed by atoms with Crippen molar-refractivity contribution in [3.8, 4) is 0 Å². The molecule has 96 valence electrons. The first-order valence-corrected chi connectivity index (χ1v) is 5.77. The van der Waals surface area contributed by atoms with Gasteiger partial charge in [0.05, 0.1) is 5.56 Å². The van der Waals surface area contributed by atoms with Crippen LogP contribution in [0, 0.1) is 0 Å². The van der Waals surface area contributed by atoms with E-state index in [1.807, 2.05) is 0 Å². The minimum atomic E-state index is -0.597. The zero-order valence-electron chi connectivity index (χ0n) is 9.76. The number of aromatic nitrogens is 1. The highest BCUT2D eigenvalue weighted by Gasteiger charge is 2.14. The fraction of sp³-hybridized carbons (Fsp3) is 0. The van der Waals surface area contributed by atoms with Crippen LogP contribution in [0.25, 0.3) is 0 Å². The number of nitrogens with one attached hydrogen (secondary N) is 1. The number of carbonyl (C=O) groups is 2. The maximum absolute atomic E-state index is 11.8. The number of hydrogen-bond acceptors (Lipinski definition) is 4. The van der Waals surface area contributed by atoms with Gasteiger partial charge in [-0.3, -0.25) is 14.9 Å². The zero-order valence-corrected chi connectivity index (χ0v) is 10.5. The minimum absolute atomic E-state index is 0.0464. The van der Waals surface area contributed by atoms with Crippen LogP contribution in [0.4, 0.5) is 5.69 Å². The van der Waals surface area contributed by atoms with Gasteiger partial charge in [0.15, 0.2) is 0 Å². The molecule has 0 spiro atoms. The van der Waals surface area contributed by atoms with E-state index < -0.39 is 11.8 Å². The number of pyridine rings is 1. The lowest BCUT2D eigenvalue weighted by Crippen LogP contribution is -2.30. The Balaban J connectivity index is 2.13. The molecule has 2 aromatic rings. The molecule has 0 aliphatic heterocycles. The monoisotopic (exact) mass is 275 g/mol. The number of anilines is 1. The maximum atomic E-state index is 11.8. The summed E-state index contributed by atoms with van der Waals surface area (Å²) in [5.74, 6) is -1.12. The number of halogens is 1. The smallest absolute Gasteiger partial charge is 0.261 e. The molecule has 0 saturated heterocycles. The molecule has 1 aromatic heterocycles. The predicted octanol–water partition coefficient (Wildman–Crippen LogP) is 1.89. The Morgan fingerprint density at radius 1 is 1.11 bits per heavy atom. The van der Waals surface area contributed by atoms with E-state index in [0.29, 0.717) is 11.3 Å². The second-order valence-electron chi connectivity index (χ2n) is 3.75. The molecule has 1 aromatic carbocycles. The normalized spacial score (nSPS) is 9.95. The number of carbonyl (C=O) groups excluding carboxylic acids is 2. The topological polar surface area (TPSA) is 85.1 Å². The zero-order chi connectivity index (χ0) is 13.8. The number of nitrogens with zero attached hydrogens (tertiary/aromatic N) is 1. The first kappa shape index (κ1) is 13.0. The number of hydrogen-bond donors (Lipinski definition) is 2. The molecule has 0 aliphatic carbocycles. The maximum Gasteiger partial charge on any atom is 0.261 e. The first-order chi connectivity index (χ1) is 9.08. The lowest BCUT2D eigenvalue weighted by Gasteiger charge is -2.05. The van der Waals surface area contributed by atoms with Crippen molar-refractivity contribution in [3.63, 3.8) is 0 Å². The van der Waals surface area contributed by atoms with Crippen LogP contribution in [0.5, 0.6) is 0 Å². The van der Waals surface area contributed by atoms with Crippen molar-refractivity contribution < 1.29 is 9.59 Å². The van der Waals surface area contributed by atoms with Crippen LogP contribution in [-0.2, 0) is 0 Å². The summed E-state index contributed by atoms with van der Waals surface area (Å²) in [6.45, 7) is 0. The van der Waals surface area contributed by atoms with Crippen LogP contribution in [0.2, 0.25) is 5.15 Å². The van der Waals surface area contributed by atoms with Crippen molar-refractivity contribution >= 4 is 29.1 Å². The summed E-state index contributed by atoms with van der Waals surface area (Å²) in [6.07, 6.45) is 1.46. The molecule has 0 radical (unpaired) electrons. The van der Waals surface area contributed by atoms with Crippen molar-refractivity contribution in [2.75, 3.05) is 5.73 Å². The molecule has 6 heteroatoms. The van der Waals surface area contributed by atoms with Gasteiger partial charge in [-0.15, -0.1) is 0 Å². The third-order valence-electron chi connectivity index (χ3n) is 2.40. The molecule has 19 heavy (non-hydrogen) atoms. The molecule has 3 N–H and O–H groups in total. The van der Waals surface area contributed by atoms with E-state index in [4.69, 9.17) is 17.3 Å². The Hall–Kier alpha value is -2.40.